The lowest BCUT2D eigenvalue weighted by atomic mass is 10.00. The number of rotatable bonds is 10. The first kappa shape index (κ1) is 30.4. The second-order valence-corrected chi connectivity index (χ2v) is 15.6. The number of ether oxygens (including phenoxy) is 3. The average Bonchev–Trinajstić information content (AvgIpc) is 2.99. The molecule has 1 aliphatic rings. The minimum atomic E-state index is -2.84. The van der Waals surface area contributed by atoms with Gasteiger partial charge in [0, 0.05) is 19.1 Å². The summed E-state index contributed by atoms with van der Waals surface area (Å²) in [7, 11) is -1.52. The molecule has 3 aromatic rings. The Labute approximate surface area is 244 Å². The van der Waals surface area contributed by atoms with Gasteiger partial charge < -0.3 is 18.6 Å². The zero-order valence-electron chi connectivity index (χ0n) is 24.3. The first-order valence-corrected chi connectivity index (χ1v) is 16.1. The Hall–Kier alpha value is -3.52. The Morgan fingerprint density at radius 2 is 1.49 bits per heavy atom. The molecule has 0 aliphatic carbocycles. The molecule has 0 N–H and O–H groups in total. The van der Waals surface area contributed by atoms with Gasteiger partial charge >= 0.3 is 11.9 Å². The summed E-state index contributed by atoms with van der Waals surface area (Å²) < 4.78 is 24.4. The van der Waals surface area contributed by atoms with Crippen molar-refractivity contribution in [3.05, 3.63) is 109 Å². The molecule has 6 nitrogen and oxygen atoms in total. The first-order chi connectivity index (χ1) is 19.7. The van der Waals surface area contributed by atoms with Crippen LogP contribution in [-0.2, 0) is 23.4 Å². The van der Waals surface area contributed by atoms with E-state index in [0.717, 1.165) is 12.8 Å². The van der Waals surface area contributed by atoms with E-state index in [1.165, 1.54) is 23.6 Å². The van der Waals surface area contributed by atoms with Gasteiger partial charge in [0.05, 0.1) is 24.9 Å². The summed E-state index contributed by atoms with van der Waals surface area (Å²) in [6.07, 6.45) is 3.60. The highest BCUT2D eigenvalue weighted by Gasteiger charge is 2.52. The number of benzene rings is 3. The van der Waals surface area contributed by atoms with Crippen molar-refractivity contribution in [3.8, 4) is 0 Å². The van der Waals surface area contributed by atoms with Crippen LogP contribution < -0.4 is 10.4 Å². The van der Waals surface area contributed by atoms with Crippen molar-refractivity contribution in [2.45, 2.75) is 63.4 Å². The summed E-state index contributed by atoms with van der Waals surface area (Å²) in [4.78, 5) is 24.9. The van der Waals surface area contributed by atoms with E-state index in [2.05, 4.69) is 69.3 Å². The molecule has 0 aromatic heterocycles. The van der Waals surface area contributed by atoms with Gasteiger partial charge in [0.15, 0.2) is 0 Å². The molecule has 1 saturated heterocycles. The van der Waals surface area contributed by atoms with Crippen molar-refractivity contribution in [2.75, 3.05) is 13.7 Å². The highest BCUT2D eigenvalue weighted by molar-refractivity contribution is 6.99. The molecular formula is C34H40O6Si. The summed E-state index contributed by atoms with van der Waals surface area (Å²) in [6.45, 7) is 7.34. The van der Waals surface area contributed by atoms with Gasteiger partial charge in [0.2, 0.25) is 0 Å². The van der Waals surface area contributed by atoms with Gasteiger partial charge in [-0.1, -0.05) is 99.6 Å². The van der Waals surface area contributed by atoms with E-state index >= 15 is 0 Å². The molecule has 1 fully saturated rings. The lowest BCUT2D eigenvalue weighted by Gasteiger charge is -2.47. The monoisotopic (exact) mass is 572 g/mol. The Bertz CT molecular complexity index is 1250. The second-order valence-electron chi connectivity index (χ2n) is 11.3. The normalized spacial score (nSPS) is 18.5. The van der Waals surface area contributed by atoms with Crippen LogP contribution in [0.4, 0.5) is 0 Å². The summed E-state index contributed by atoms with van der Waals surface area (Å²) in [6, 6.07) is 29.9. The third-order valence-corrected chi connectivity index (χ3v) is 12.6. The third kappa shape index (κ3) is 7.41. The highest BCUT2D eigenvalue weighted by atomic mass is 28.4. The first-order valence-electron chi connectivity index (χ1n) is 14.2. The van der Waals surface area contributed by atoms with Crippen LogP contribution in [0.5, 0.6) is 0 Å². The van der Waals surface area contributed by atoms with Crippen LogP contribution in [0.3, 0.4) is 0 Å². The van der Waals surface area contributed by atoms with Gasteiger partial charge in [0.1, 0.15) is 6.10 Å². The fourth-order valence-corrected chi connectivity index (χ4v) is 10.3. The molecule has 0 radical (unpaired) electrons. The Kier molecular flexibility index (Phi) is 10.3. The fraction of sp³-hybridized carbons (Fsp3) is 0.353. The van der Waals surface area contributed by atoms with E-state index in [9.17, 15) is 9.59 Å². The molecule has 3 atom stereocenters. The Morgan fingerprint density at radius 1 is 0.927 bits per heavy atom. The lowest BCUT2D eigenvalue weighted by Crippen LogP contribution is -2.68. The zero-order chi connectivity index (χ0) is 29.3. The molecule has 4 rings (SSSR count). The number of esters is 2. The minimum Gasteiger partial charge on any atom is -0.466 e. The van der Waals surface area contributed by atoms with E-state index in [0.29, 0.717) is 18.6 Å². The molecule has 1 heterocycles. The van der Waals surface area contributed by atoms with E-state index in [1.807, 2.05) is 18.2 Å². The molecular weight excluding hydrogens is 532 g/mol. The second kappa shape index (κ2) is 13.9. The molecule has 41 heavy (non-hydrogen) atoms. The van der Waals surface area contributed by atoms with Crippen molar-refractivity contribution < 1.29 is 28.2 Å². The summed E-state index contributed by atoms with van der Waals surface area (Å²) >= 11 is 0. The maximum Gasteiger partial charge on any atom is 0.338 e. The highest BCUT2D eigenvalue weighted by Crippen LogP contribution is 2.39. The maximum atomic E-state index is 13.0. The van der Waals surface area contributed by atoms with Gasteiger partial charge in [-0.3, -0.25) is 0 Å². The van der Waals surface area contributed by atoms with Crippen LogP contribution in [0.1, 0.15) is 50.4 Å². The van der Waals surface area contributed by atoms with Gasteiger partial charge in [-0.2, -0.15) is 0 Å². The number of carbonyl (C=O) groups excluding carboxylic acids is 2. The molecule has 0 spiro atoms. The Balaban J connectivity index is 1.68. The predicted octanol–water partition coefficient (Wildman–Crippen LogP) is 5.46. The zero-order valence-corrected chi connectivity index (χ0v) is 25.3. The van der Waals surface area contributed by atoms with Crippen LogP contribution in [0.2, 0.25) is 5.04 Å². The Morgan fingerprint density at radius 3 is 2.02 bits per heavy atom. The molecule has 0 amide bonds. The minimum absolute atomic E-state index is 0.193. The quantitative estimate of drug-likeness (QED) is 0.183. The maximum absolute atomic E-state index is 13.0. The number of methoxy groups -OCH3 is 1. The smallest absolute Gasteiger partial charge is 0.338 e. The van der Waals surface area contributed by atoms with Gasteiger partial charge in [0.25, 0.3) is 8.32 Å². The SMILES string of the molecule is COC(=O)/C=C\[C@H](C[C@H]1OCCC[C@H]1O[Si](c1ccccc1)(c1ccccc1)C(C)(C)C)OC(=O)c1ccccc1. The largest absolute Gasteiger partial charge is 0.466 e. The van der Waals surface area contributed by atoms with Crippen molar-refractivity contribution in [2.24, 2.45) is 0 Å². The van der Waals surface area contributed by atoms with Crippen LogP contribution in [0, 0.1) is 0 Å². The average molecular weight is 573 g/mol. The van der Waals surface area contributed by atoms with Crippen LogP contribution in [-0.4, -0.2) is 52.3 Å². The molecule has 0 bridgehead atoms. The number of hydrogen-bond donors (Lipinski definition) is 0. The van der Waals surface area contributed by atoms with Crippen molar-refractivity contribution in [1.82, 2.24) is 0 Å². The summed E-state index contributed by atoms with van der Waals surface area (Å²) in [5, 5.41) is 2.20. The van der Waals surface area contributed by atoms with Crippen molar-refractivity contribution in [1.29, 1.82) is 0 Å². The summed E-state index contributed by atoms with van der Waals surface area (Å²) in [5.41, 5.74) is 0.439. The van der Waals surface area contributed by atoms with E-state index in [1.54, 1.807) is 30.3 Å². The molecule has 0 saturated carbocycles. The third-order valence-electron chi connectivity index (χ3n) is 7.51. The molecule has 3 aromatic carbocycles. The van der Waals surface area contributed by atoms with E-state index in [4.69, 9.17) is 18.6 Å². The molecule has 0 unspecified atom stereocenters. The molecule has 7 heteroatoms. The van der Waals surface area contributed by atoms with Crippen molar-refractivity contribution in [3.63, 3.8) is 0 Å². The van der Waals surface area contributed by atoms with E-state index in [-0.39, 0.29) is 17.2 Å². The van der Waals surface area contributed by atoms with Crippen LogP contribution in [0.25, 0.3) is 0 Å². The number of carbonyl (C=O) groups is 2. The lowest BCUT2D eigenvalue weighted by molar-refractivity contribution is -0.134. The van der Waals surface area contributed by atoms with Crippen LogP contribution in [0.15, 0.2) is 103 Å². The van der Waals surface area contributed by atoms with Crippen LogP contribution >= 0.6 is 0 Å². The van der Waals surface area contributed by atoms with E-state index < -0.39 is 26.4 Å². The molecule has 216 valence electrons. The predicted molar refractivity (Wildman–Crippen MR) is 163 cm³/mol. The van der Waals surface area contributed by atoms with Crippen molar-refractivity contribution >= 4 is 30.6 Å². The standard InChI is InChI=1S/C34H40O6Si/c1-34(2,3)41(28-17-10-6-11-18-28,29-19-12-7-13-20-29)40-30-21-14-24-38-31(30)25-27(22-23-32(35)37-4)39-33(36)26-15-8-5-9-16-26/h5-13,15-20,22-23,27,30-31H,14,21,24-25H2,1-4H3/b23-22-/t27-,30-,31-/m1/s1. The van der Waals surface area contributed by atoms with Gasteiger partial charge in [-0.25, -0.2) is 9.59 Å². The molecule has 1 aliphatic heterocycles. The topological polar surface area (TPSA) is 71.1 Å². The van der Waals surface area contributed by atoms with Gasteiger partial charge in [-0.05, 0) is 46.5 Å². The van der Waals surface area contributed by atoms with Gasteiger partial charge in [-0.15, -0.1) is 0 Å². The summed E-state index contributed by atoms with van der Waals surface area (Å²) in [5.74, 6) is -0.985. The fourth-order valence-electron chi connectivity index (χ4n) is 5.51. The number of hydrogen-bond acceptors (Lipinski definition) is 6.